The zero-order valence-electron chi connectivity index (χ0n) is 15.5. The smallest absolute Gasteiger partial charge is 0.291 e. The van der Waals surface area contributed by atoms with E-state index in [4.69, 9.17) is 11.5 Å². The average molecular weight is 420 g/mol. The molecule has 3 heterocycles. The van der Waals surface area contributed by atoms with Crippen LogP contribution < -0.4 is 17.0 Å². The highest BCUT2D eigenvalue weighted by atomic mass is 32.1. The maximum absolute atomic E-state index is 11.8. The van der Waals surface area contributed by atoms with Gasteiger partial charge in [0.2, 0.25) is 5.91 Å². The Morgan fingerprint density at radius 3 is 2.40 bits per heavy atom. The van der Waals surface area contributed by atoms with Gasteiger partial charge in [-0.1, -0.05) is 12.1 Å². The number of primary amides is 2. The molecule has 9 heteroatoms. The van der Waals surface area contributed by atoms with Crippen LogP contribution in [0.3, 0.4) is 0 Å². The third kappa shape index (κ3) is 3.53. The molecule has 0 radical (unpaired) electrons. The molecule has 0 aliphatic carbocycles. The fraction of sp³-hybridized carbons (Fsp3) is 0.0476. The van der Waals surface area contributed by atoms with Gasteiger partial charge in [0.05, 0.1) is 5.52 Å². The van der Waals surface area contributed by atoms with E-state index < -0.39 is 23.1 Å². The summed E-state index contributed by atoms with van der Waals surface area (Å²) in [5.74, 6) is -2.14. The number of carbonyl (C=O) groups excluding carboxylic acids is 2. The number of fused-ring (bicyclic) bond motifs is 1. The Labute approximate surface area is 173 Å². The van der Waals surface area contributed by atoms with E-state index in [9.17, 15) is 19.5 Å². The lowest BCUT2D eigenvalue weighted by Crippen LogP contribution is -2.18. The van der Waals surface area contributed by atoms with E-state index in [0.717, 1.165) is 15.3 Å². The van der Waals surface area contributed by atoms with Crippen molar-refractivity contribution in [3.8, 4) is 16.2 Å². The number of thiophene rings is 1. The van der Waals surface area contributed by atoms with Gasteiger partial charge in [-0.05, 0) is 42.0 Å². The lowest BCUT2D eigenvalue weighted by atomic mass is 10.1. The maximum Gasteiger partial charge on any atom is 0.291 e. The molecule has 0 saturated carbocycles. The Morgan fingerprint density at radius 2 is 1.73 bits per heavy atom. The second-order valence-electron chi connectivity index (χ2n) is 6.63. The van der Waals surface area contributed by atoms with Gasteiger partial charge in [-0.15, -0.1) is 11.3 Å². The molecule has 8 nitrogen and oxygen atoms in total. The molecular weight excluding hydrogens is 404 g/mol. The maximum atomic E-state index is 11.8. The minimum atomic E-state index is -0.925. The van der Waals surface area contributed by atoms with Crippen molar-refractivity contribution in [3.63, 3.8) is 0 Å². The van der Waals surface area contributed by atoms with Crippen LogP contribution in [0.5, 0.6) is 5.75 Å². The first kappa shape index (κ1) is 19.3. The Morgan fingerprint density at radius 1 is 1.00 bits per heavy atom. The van der Waals surface area contributed by atoms with Crippen molar-refractivity contribution >= 4 is 34.2 Å². The Kier molecular flexibility index (Phi) is 4.80. The summed E-state index contributed by atoms with van der Waals surface area (Å²) in [5.41, 5.74) is 12.0. The first-order valence-electron chi connectivity index (χ1n) is 8.87. The molecule has 0 atom stereocenters. The summed E-state index contributed by atoms with van der Waals surface area (Å²) in [6, 6.07) is 14.3. The molecule has 4 aromatic rings. The van der Waals surface area contributed by atoms with Crippen LogP contribution in [-0.4, -0.2) is 26.9 Å². The van der Waals surface area contributed by atoms with E-state index in [0.29, 0.717) is 23.2 Å². The first-order valence-corrected chi connectivity index (χ1v) is 9.69. The van der Waals surface area contributed by atoms with E-state index in [1.807, 2.05) is 24.3 Å². The number of benzene rings is 1. The summed E-state index contributed by atoms with van der Waals surface area (Å²) in [6.07, 6.45) is 0.484. The number of nitrogens with two attached hydrogens (primary N) is 2. The Bertz CT molecular complexity index is 1360. The molecule has 0 fully saturated rings. The van der Waals surface area contributed by atoms with Crippen LogP contribution in [0.15, 0.2) is 53.3 Å². The van der Waals surface area contributed by atoms with Crippen LogP contribution >= 0.6 is 11.3 Å². The largest absolute Gasteiger partial charge is 0.502 e. The van der Waals surface area contributed by atoms with E-state index in [2.05, 4.69) is 9.97 Å². The number of H-pyrrole nitrogens is 1. The lowest BCUT2D eigenvalue weighted by molar-refractivity contribution is 0.0991. The quantitative estimate of drug-likeness (QED) is 0.390. The number of aromatic amines is 1. The fourth-order valence-corrected chi connectivity index (χ4v) is 4.16. The monoisotopic (exact) mass is 420 g/mol. The summed E-state index contributed by atoms with van der Waals surface area (Å²) in [6.45, 7) is 0. The molecule has 0 bridgehead atoms. The summed E-state index contributed by atoms with van der Waals surface area (Å²) in [5, 5.41) is 9.92. The van der Waals surface area contributed by atoms with Crippen molar-refractivity contribution in [1.82, 2.24) is 9.97 Å². The number of aromatic nitrogens is 2. The van der Waals surface area contributed by atoms with Crippen molar-refractivity contribution in [2.75, 3.05) is 0 Å². The van der Waals surface area contributed by atoms with Crippen molar-refractivity contribution < 1.29 is 14.7 Å². The predicted molar refractivity (Wildman–Crippen MR) is 114 cm³/mol. The topological polar surface area (TPSA) is 152 Å². The minimum Gasteiger partial charge on any atom is -0.502 e. The number of aromatic hydroxyl groups is 1. The third-order valence-corrected chi connectivity index (χ3v) is 5.74. The Hall–Kier alpha value is -3.98. The third-order valence-electron chi connectivity index (χ3n) is 4.61. The van der Waals surface area contributed by atoms with Gasteiger partial charge < -0.3 is 21.6 Å². The highest BCUT2D eigenvalue weighted by molar-refractivity contribution is 7.15. The Balaban J connectivity index is 1.66. The summed E-state index contributed by atoms with van der Waals surface area (Å²) in [4.78, 5) is 43.6. The van der Waals surface area contributed by atoms with Crippen molar-refractivity contribution in [2.24, 2.45) is 11.5 Å². The first-order chi connectivity index (χ1) is 14.3. The molecule has 4 rings (SSSR count). The molecule has 0 unspecified atom stereocenters. The highest BCUT2D eigenvalue weighted by Gasteiger charge is 2.18. The van der Waals surface area contributed by atoms with Crippen LogP contribution in [0.25, 0.3) is 21.5 Å². The van der Waals surface area contributed by atoms with Crippen molar-refractivity contribution in [3.05, 3.63) is 80.6 Å². The normalized spacial score (nSPS) is 10.9. The summed E-state index contributed by atoms with van der Waals surface area (Å²) < 4.78 is 0. The van der Waals surface area contributed by atoms with Gasteiger partial charge in [-0.3, -0.25) is 14.4 Å². The SMILES string of the molecule is NC(=O)c1ccc(-c2ccc(Cc3ccc4[nH]c(=O)c(O)c(C(N)=O)c4n3)s2)cc1. The molecule has 1 aromatic carbocycles. The summed E-state index contributed by atoms with van der Waals surface area (Å²) in [7, 11) is 0. The van der Waals surface area contributed by atoms with Gasteiger partial charge in [-0.25, -0.2) is 4.98 Å². The van der Waals surface area contributed by atoms with E-state index >= 15 is 0 Å². The molecule has 0 saturated heterocycles. The number of hydrogen-bond acceptors (Lipinski definition) is 6. The van der Waals surface area contributed by atoms with Crippen LogP contribution in [0.2, 0.25) is 0 Å². The number of amides is 2. The molecule has 0 aliphatic rings. The molecule has 6 N–H and O–H groups in total. The lowest BCUT2D eigenvalue weighted by Gasteiger charge is -2.07. The fourth-order valence-electron chi connectivity index (χ4n) is 3.14. The van der Waals surface area contributed by atoms with Gasteiger partial charge in [0.15, 0.2) is 5.75 Å². The predicted octanol–water partition coefficient (Wildman–Crippen LogP) is 2.15. The highest BCUT2D eigenvalue weighted by Crippen LogP contribution is 2.30. The molecular formula is C21H16N4O4S. The number of pyridine rings is 2. The zero-order chi connectivity index (χ0) is 21.4. The minimum absolute atomic E-state index is 0.149. The second kappa shape index (κ2) is 7.45. The zero-order valence-corrected chi connectivity index (χ0v) is 16.3. The van der Waals surface area contributed by atoms with Crippen molar-refractivity contribution in [1.29, 1.82) is 0 Å². The van der Waals surface area contributed by atoms with Crippen LogP contribution in [-0.2, 0) is 6.42 Å². The van der Waals surface area contributed by atoms with E-state index in [-0.39, 0.29) is 11.1 Å². The molecule has 2 amide bonds. The standard InChI is InChI=1S/C21H16N4O4S/c22-19(27)11-3-1-10(2-4-11)15-8-6-13(30-15)9-12-5-7-14-17(24-12)16(20(23)28)18(26)21(29)25-14/h1-8,26H,9H2,(H2,22,27)(H2,23,28)(H,25,29). The average Bonchev–Trinajstić information content (AvgIpc) is 3.17. The van der Waals surface area contributed by atoms with Gasteiger partial charge >= 0.3 is 0 Å². The molecule has 3 aromatic heterocycles. The number of rotatable bonds is 5. The van der Waals surface area contributed by atoms with E-state index in [1.54, 1.807) is 35.6 Å². The van der Waals surface area contributed by atoms with Gasteiger partial charge in [-0.2, -0.15) is 0 Å². The second-order valence-corrected chi connectivity index (χ2v) is 7.79. The van der Waals surface area contributed by atoms with E-state index in [1.165, 1.54) is 0 Å². The van der Waals surface area contributed by atoms with Gasteiger partial charge in [0.25, 0.3) is 11.5 Å². The van der Waals surface area contributed by atoms with Crippen LogP contribution in [0.4, 0.5) is 0 Å². The van der Waals surface area contributed by atoms with Gasteiger partial charge in [0.1, 0.15) is 11.1 Å². The number of nitrogens with zero attached hydrogens (tertiary/aromatic N) is 1. The number of hydrogen-bond donors (Lipinski definition) is 4. The molecule has 0 spiro atoms. The molecule has 30 heavy (non-hydrogen) atoms. The molecule has 0 aliphatic heterocycles. The number of carbonyl (C=O) groups is 2. The van der Waals surface area contributed by atoms with Crippen LogP contribution in [0, 0.1) is 0 Å². The number of nitrogens with one attached hydrogen (secondary N) is 1. The van der Waals surface area contributed by atoms with Crippen LogP contribution in [0.1, 0.15) is 31.3 Å². The van der Waals surface area contributed by atoms with Crippen molar-refractivity contribution in [2.45, 2.75) is 6.42 Å². The van der Waals surface area contributed by atoms with Gasteiger partial charge in [0, 0.05) is 27.4 Å². The molecule has 150 valence electrons. The summed E-state index contributed by atoms with van der Waals surface area (Å²) >= 11 is 1.56.